The van der Waals surface area contributed by atoms with Crippen LogP contribution in [0.4, 0.5) is 5.69 Å². The van der Waals surface area contributed by atoms with Crippen LogP contribution in [0.15, 0.2) is 24.7 Å². The van der Waals surface area contributed by atoms with Crippen molar-refractivity contribution in [3.8, 4) is 5.82 Å². The summed E-state index contributed by atoms with van der Waals surface area (Å²) in [5.41, 5.74) is 7.13. The van der Waals surface area contributed by atoms with Gasteiger partial charge in [-0.3, -0.25) is 0 Å². The summed E-state index contributed by atoms with van der Waals surface area (Å²) in [4.78, 5) is 4.10. The highest BCUT2D eigenvalue weighted by atomic mass is 35.5. The summed E-state index contributed by atoms with van der Waals surface area (Å²) in [5, 5.41) is 4.60. The van der Waals surface area contributed by atoms with E-state index in [1.807, 2.05) is 13.1 Å². The van der Waals surface area contributed by atoms with E-state index in [2.05, 4.69) is 10.1 Å². The molecule has 14 heavy (non-hydrogen) atoms. The Morgan fingerprint density at radius 1 is 1.43 bits per heavy atom. The predicted octanol–water partition coefficient (Wildman–Crippen LogP) is 1.81. The SMILES string of the molecule is Cc1cnn(-c2ncc(N)cc2Cl)c1. The summed E-state index contributed by atoms with van der Waals surface area (Å²) in [6.45, 7) is 1.95. The maximum Gasteiger partial charge on any atom is 0.172 e. The van der Waals surface area contributed by atoms with Crippen molar-refractivity contribution in [2.45, 2.75) is 6.92 Å². The number of nitrogens with two attached hydrogens (primary N) is 1. The lowest BCUT2D eigenvalue weighted by atomic mass is 10.4. The number of hydrogen-bond acceptors (Lipinski definition) is 3. The van der Waals surface area contributed by atoms with Gasteiger partial charge in [0.15, 0.2) is 5.82 Å². The zero-order valence-corrected chi connectivity index (χ0v) is 8.36. The standard InChI is InChI=1S/C9H9ClN4/c1-6-3-13-14(5-6)9-8(10)2-7(11)4-12-9/h2-5H,11H2,1H3. The first kappa shape index (κ1) is 9.02. The van der Waals surface area contributed by atoms with E-state index in [9.17, 15) is 0 Å². The van der Waals surface area contributed by atoms with Gasteiger partial charge in [0.25, 0.3) is 0 Å². The van der Waals surface area contributed by atoms with Crippen LogP contribution in [0.3, 0.4) is 0 Å². The van der Waals surface area contributed by atoms with Crippen molar-refractivity contribution in [2.75, 3.05) is 5.73 Å². The van der Waals surface area contributed by atoms with Gasteiger partial charge in [0.05, 0.1) is 23.1 Å². The van der Waals surface area contributed by atoms with Gasteiger partial charge in [0.1, 0.15) is 0 Å². The van der Waals surface area contributed by atoms with E-state index in [1.165, 1.54) is 0 Å². The molecule has 0 bridgehead atoms. The summed E-state index contributed by atoms with van der Waals surface area (Å²) in [5.74, 6) is 0.592. The molecule has 0 aliphatic rings. The minimum Gasteiger partial charge on any atom is -0.397 e. The second kappa shape index (κ2) is 3.31. The molecule has 0 amide bonds. The van der Waals surface area contributed by atoms with Gasteiger partial charge < -0.3 is 5.73 Å². The number of pyridine rings is 1. The minimum atomic E-state index is 0.494. The van der Waals surface area contributed by atoms with Crippen molar-refractivity contribution < 1.29 is 0 Å². The molecule has 0 aliphatic carbocycles. The molecule has 0 spiro atoms. The average Bonchev–Trinajstić information content (AvgIpc) is 2.51. The maximum absolute atomic E-state index is 5.97. The van der Waals surface area contributed by atoms with Crippen molar-refractivity contribution in [2.24, 2.45) is 0 Å². The number of nitrogen functional groups attached to an aromatic ring is 1. The van der Waals surface area contributed by atoms with E-state index in [0.29, 0.717) is 16.5 Å². The molecule has 5 heteroatoms. The van der Waals surface area contributed by atoms with Crippen molar-refractivity contribution in [3.05, 3.63) is 35.2 Å². The Kier molecular flexibility index (Phi) is 2.13. The highest BCUT2D eigenvalue weighted by Crippen LogP contribution is 2.19. The fourth-order valence-corrected chi connectivity index (χ4v) is 1.40. The molecule has 0 saturated carbocycles. The van der Waals surface area contributed by atoms with Gasteiger partial charge in [0, 0.05) is 6.20 Å². The molecule has 72 valence electrons. The van der Waals surface area contributed by atoms with Crippen LogP contribution >= 0.6 is 11.6 Å². The molecule has 2 N–H and O–H groups in total. The summed E-state index contributed by atoms with van der Waals surface area (Å²) >= 11 is 5.97. The van der Waals surface area contributed by atoms with E-state index < -0.39 is 0 Å². The van der Waals surface area contributed by atoms with Gasteiger partial charge in [-0.1, -0.05) is 11.6 Å². The third-order valence-corrected chi connectivity index (χ3v) is 2.05. The number of aromatic nitrogens is 3. The predicted molar refractivity (Wildman–Crippen MR) is 55.5 cm³/mol. The van der Waals surface area contributed by atoms with Crippen LogP contribution in [0.25, 0.3) is 5.82 Å². The molecule has 0 fully saturated rings. The van der Waals surface area contributed by atoms with E-state index in [0.717, 1.165) is 5.56 Å². The van der Waals surface area contributed by atoms with Crippen LogP contribution < -0.4 is 5.73 Å². The first-order valence-corrected chi connectivity index (χ1v) is 4.47. The Bertz CT molecular complexity index is 464. The topological polar surface area (TPSA) is 56.7 Å². The van der Waals surface area contributed by atoms with Crippen LogP contribution in [0.1, 0.15) is 5.56 Å². The molecular formula is C9H9ClN4. The summed E-state index contributed by atoms with van der Waals surface area (Å²) in [6.07, 6.45) is 5.15. The van der Waals surface area contributed by atoms with Gasteiger partial charge in [-0.25, -0.2) is 9.67 Å². The van der Waals surface area contributed by atoms with Crippen LogP contribution in [-0.4, -0.2) is 14.8 Å². The molecule has 4 nitrogen and oxygen atoms in total. The lowest BCUT2D eigenvalue weighted by molar-refractivity contribution is 0.847. The highest BCUT2D eigenvalue weighted by molar-refractivity contribution is 6.32. The first-order valence-electron chi connectivity index (χ1n) is 4.09. The lowest BCUT2D eigenvalue weighted by Crippen LogP contribution is -1.99. The van der Waals surface area contributed by atoms with Crippen LogP contribution in [-0.2, 0) is 0 Å². The average molecular weight is 209 g/mol. The Hall–Kier alpha value is -1.55. The third-order valence-electron chi connectivity index (χ3n) is 1.77. The number of halogens is 1. The lowest BCUT2D eigenvalue weighted by Gasteiger charge is -2.02. The van der Waals surface area contributed by atoms with Gasteiger partial charge in [0.2, 0.25) is 0 Å². The number of anilines is 1. The Morgan fingerprint density at radius 2 is 2.21 bits per heavy atom. The number of hydrogen-bond donors (Lipinski definition) is 1. The Morgan fingerprint density at radius 3 is 2.79 bits per heavy atom. The van der Waals surface area contributed by atoms with Crippen molar-refractivity contribution >= 4 is 17.3 Å². The molecule has 0 aromatic carbocycles. The molecule has 2 heterocycles. The van der Waals surface area contributed by atoms with Crippen molar-refractivity contribution in [3.63, 3.8) is 0 Å². The minimum absolute atomic E-state index is 0.494. The smallest absolute Gasteiger partial charge is 0.172 e. The van der Waals surface area contributed by atoms with E-state index in [-0.39, 0.29) is 0 Å². The van der Waals surface area contributed by atoms with E-state index >= 15 is 0 Å². The quantitative estimate of drug-likeness (QED) is 0.778. The van der Waals surface area contributed by atoms with Gasteiger partial charge in [-0.05, 0) is 18.6 Å². The molecule has 0 radical (unpaired) electrons. The molecule has 0 unspecified atom stereocenters. The highest BCUT2D eigenvalue weighted by Gasteiger charge is 2.05. The summed E-state index contributed by atoms with van der Waals surface area (Å²) < 4.78 is 1.62. The molecule has 2 aromatic rings. The third kappa shape index (κ3) is 1.56. The zero-order valence-electron chi connectivity index (χ0n) is 7.61. The van der Waals surface area contributed by atoms with E-state index in [4.69, 9.17) is 17.3 Å². The molecule has 2 rings (SSSR count). The molecular weight excluding hydrogens is 200 g/mol. The first-order chi connectivity index (χ1) is 6.66. The normalized spacial score (nSPS) is 10.4. The largest absolute Gasteiger partial charge is 0.397 e. The number of rotatable bonds is 1. The maximum atomic E-state index is 5.97. The van der Waals surface area contributed by atoms with Gasteiger partial charge in [-0.15, -0.1) is 0 Å². The molecule has 0 saturated heterocycles. The van der Waals surface area contributed by atoms with E-state index in [1.54, 1.807) is 23.1 Å². The van der Waals surface area contributed by atoms with Crippen LogP contribution in [0.5, 0.6) is 0 Å². The van der Waals surface area contributed by atoms with Gasteiger partial charge in [-0.2, -0.15) is 5.10 Å². The second-order valence-corrected chi connectivity index (χ2v) is 3.44. The summed E-state index contributed by atoms with van der Waals surface area (Å²) in [6, 6.07) is 1.65. The Labute approximate surface area is 86.3 Å². The molecule has 0 atom stereocenters. The second-order valence-electron chi connectivity index (χ2n) is 3.04. The van der Waals surface area contributed by atoms with Crippen LogP contribution in [0.2, 0.25) is 5.02 Å². The number of aryl methyl sites for hydroxylation is 1. The van der Waals surface area contributed by atoms with Gasteiger partial charge >= 0.3 is 0 Å². The van der Waals surface area contributed by atoms with Crippen molar-refractivity contribution in [1.82, 2.24) is 14.8 Å². The number of nitrogens with zero attached hydrogens (tertiary/aromatic N) is 3. The molecule has 2 aromatic heterocycles. The zero-order chi connectivity index (χ0) is 10.1. The Balaban J connectivity index is 2.52. The molecule has 0 aliphatic heterocycles. The fraction of sp³-hybridized carbons (Fsp3) is 0.111. The van der Waals surface area contributed by atoms with Crippen molar-refractivity contribution in [1.29, 1.82) is 0 Å². The van der Waals surface area contributed by atoms with Crippen LogP contribution in [0, 0.1) is 6.92 Å². The fourth-order valence-electron chi connectivity index (χ4n) is 1.14. The summed E-state index contributed by atoms with van der Waals surface area (Å²) in [7, 11) is 0. The monoisotopic (exact) mass is 208 g/mol.